The van der Waals surface area contributed by atoms with E-state index in [1.54, 1.807) is 16.4 Å². The van der Waals surface area contributed by atoms with Crippen molar-refractivity contribution in [2.24, 2.45) is 5.92 Å². The van der Waals surface area contributed by atoms with Crippen molar-refractivity contribution in [2.45, 2.75) is 55.9 Å². The van der Waals surface area contributed by atoms with Gasteiger partial charge in [0.25, 0.3) is 0 Å². The number of hydrogen-bond donors (Lipinski definition) is 0. The van der Waals surface area contributed by atoms with Crippen molar-refractivity contribution in [3.8, 4) is 0 Å². The van der Waals surface area contributed by atoms with Crippen molar-refractivity contribution >= 4 is 21.6 Å². The van der Waals surface area contributed by atoms with E-state index in [1.807, 2.05) is 0 Å². The SMILES string of the molecule is O=S(=O)(c1ccc(Cl)nc1)N(CC1CCCCC1)C1CC1. The smallest absolute Gasteiger partial charge is 0.243 e. The van der Waals surface area contributed by atoms with Crippen LogP contribution >= 0.6 is 11.6 Å². The summed E-state index contributed by atoms with van der Waals surface area (Å²) in [6.45, 7) is 0.662. The molecule has 0 amide bonds. The predicted octanol–water partition coefficient (Wildman–Crippen LogP) is 3.47. The molecule has 2 aliphatic carbocycles. The monoisotopic (exact) mass is 328 g/mol. The summed E-state index contributed by atoms with van der Waals surface area (Å²) >= 11 is 5.75. The largest absolute Gasteiger partial charge is 0.244 e. The minimum Gasteiger partial charge on any atom is -0.243 e. The zero-order valence-corrected chi connectivity index (χ0v) is 13.6. The van der Waals surface area contributed by atoms with Crippen LogP contribution in [0.4, 0.5) is 0 Å². The molecule has 0 aromatic carbocycles. The zero-order valence-electron chi connectivity index (χ0n) is 12.0. The van der Waals surface area contributed by atoms with E-state index in [2.05, 4.69) is 4.98 Å². The van der Waals surface area contributed by atoms with Crippen LogP contribution in [0.3, 0.4) is 0 Å². The van der Waals surface area contributed by atoms with E-state index in [0.29, 0.717) is 17.6 Å². The summed E-state index contributed by atoms with van der Waals surface area (Å²) in [5, 5.41) is 0.319. The Morgan fingerprint density at radius 3 is 2.43 bits per heavy atom. The maximum absolute atomic E-state index is 12.8. The fourth-order valence-electron chi connectivity index (χ4n) is 3.08. The molecule has 0 radical (unpaired) electrons. The van der Waals surface area contributed by atoms with Gasteiger partial charge >= 0.3 is 0 Å². The second-order valence-corrected chi connectivity index (χ2v) is 8.40. The fraction of sp³-hybridized carbons (Fsp3) is 0.667. The van der Waals surface area contributed by atoms with Gasteiger partial charge in [0.2, 0.25) is 10.0 Å². The van der Waals surface area contributed by atoms with E-state index in [9.17, 15) is 8.42 Å². The van der Waals surface area contributed by atoms with Crippen molar-refractivity contribution < 1.29 is 8.42 Å². The Morgan fingerprint density at radius 1 is 1.14 bits per heavy atom. The minimum absolute atomic E-state index is 0.188. The quantitative estimate of drug-likeness (QED) is 0.778. The van der Waals surface area contributed by atoms with Crippen molar-refractivity contribution in [3.63, 3.8) is 0 Å². The highest BCUT2D eigenvalue weighted by Crippen LogP contribution is 2.35. The Kier molecular flexibility index (Phi) is 4.52. The van der Waals surface area contributed by atoms with Gasteiger partial charge in [0.15, 0.2) is 0 Å². The normalized spacial score (nSPS) is 20.9. The highest BCUT2D eigenvalue weighted by molar-refractivity contribution is 7.89. The van der Waals surface area contributed by atoms with Gasteiger partial charge in [-0.2, -0.15) is 4.31 Å². The number of aromatic nitrogens is 1. The molecule has 1 heterocycles. The van der Waals surface area contributed by atoms with Gasteiger partial charge < -0.3 is 0 Å². The standard InChI is InChI=1S/C15H21ClN2O2S/c16-15-9-8-14(10-17-15)21(19,20)18(13-6-7-13)11-12-4-2-1-3-5-12/h8-10,12-13H,1-7,11H2. The molecule has 2 aliphatic rings. The van der Waals surface area contributed by atoms with Gasteiger partial charge in [0.05, 0.1) is 0 Å². The first-order chi connectivity index (χ1) is 10.1. The van der Waals surface area contributed by atoms with E-state index in [4.69, 9.17) is 11.6 Å². The Morgan fingerprint density at radius 2 is 1.86 bits per heavy atom. The molecular weight excluding hydrogens is 308 g/mol. The Balaban J connectivity index is 1.80. The van der Waals surface area contributed by atoms with E-state index in [0.717, 1.165) is 25.7 Å². The van der Waals surface area contributed by atoms with Gasteiger partial charge in [0, 0.05) is 18.8 Å². The van der Waals surface area contributed by atoms with E-state index < -0.39 is 10.0 Å². The molecule has 2 fully saturated rings. The summed E-state index contributed by atoms with van der Waals surface area (Å²) in [7, 11) is -3.44. The number of hydrogen-bond acceptors (Lipinski definition) is 3. The van der Waals surface area contributed by atoms with Gasteiger partial charge in [-0.3, -0.25) is 0 Å². The minimum atomic E-state index is -3.44. The average Bonchev–Trinajstić information content (AvgIpc) is 3.31. The second kappa shape index (κ2) is 6.23. The molecule has 4 nitrogen and oxygen atoms in total. The summed E-state index contributed by atoms with van der Waals surface area (Å²) < 4.78 is 27.4. The number of sulfonamides is 1. The molecular formula is C15H21ClN2O2S. The molecule has 21 heavy (non-hydrogen) atoms. The Hall–Kier alpha value is -0.650. The molecule has 0 atom stereocenters. The number of halogens is 1. The summed E-state index contributed by atoms with van der Waals surface area (Å²) in [5.41, 5.74) is 0. The van der Waals surface area contributed by atoms with Gasteiger partial charge in [-0.15, -0.1) is 0 Å². The lowest BCUT2D eigenvalue weighted by atomic mass is 9.89. The van der Waals surface area contributed by atoms with Crippen LogP contribution < -0.4 is 0 Å². The molecule has 1 aromatic heterocycles. The maximum atomic E-state index is 12.8. The summed E-state index contributed by atoms with van der Waals surface area (Å²) in [6.07, 6.45) is 9.37. The molecule has 0 unspecified atom stereocenters. The molecule has 0 bridgehead atoms. The first-order valence-corrected chi connectivity index (χ1v) is 9.52. The van der Waals surface area contributed by atoms with E-state index in [1.165, 1.54) is 25.5 Å². The van der Waals surface area contributed by atoms with Gasteiger partial charge in [0.1, 0.15) is 10.0 Å². The van der Waals surface area contributed by atoms with Crippen LogP contribution in [0.25, 0.3) is 0 Å². The molecule has 3 rings (SSSR count). The van der Waals surface area contributed by atoms with Crippen LogP contribution in [-0.2, 0) is 10.0 Å². The molecule has 6 heteroatoms. The van der Waals surface area contributed by atoms with Crippen LogP contribution in [0.2, 0.25) is 5.15 Å². The van der Waals surface area contributed by atoms with Crippen LogP contribution in [0, 0.1) is 5.92 Å². The molecule has 0 spiro atoms. The molecule has 0 saturated heterocycles. The topological polar surface area (TPSA) is 50.3 Å². The fourth-order valence-corrected chi connectivity index (χ4v) is 4.90. The Bertz CT molecular complexity index is 578. The van der Waals surface area contributed by atoms with E-state index in [-0.39, 0.29) is 10.9 Å². The highest BCUT2D eigenvalue weighted by atomic mass is 35.5. The lowest BCUT2D eigenvalue weighted by molar-refractivity contribution is 0.274. The summed E-state index contributed by atoms with van der Waals surface area (Å²) in [5.74, 6) is 0.509. The number of rotatable bonds is 5. The third-order valence-corrected chi connectivity index (χ3v) is 6.55. The summed E-state index contributed by atoms with van der Waals surface area (Å²) in [6, 6.07) is 3.29. The number of nitrogens with zero attached hydrogens (tertiary/aromatic N) is 2. The van der Waals surface area contributed by atoms with Gasteiger partial charge in [-0.25, -0.2) is 13.4 Å². The predicted molar refractivity (Wildman–Crippen MR) is 82.7 cm³/mol. The second-order valence-electron chi connectivity index (χ2n) is 6.13. The lowest BCUT2D eigenvalue weighted by Gasteiger charge is -2.29. The lowest BCUT2D eigenvalue weighted by Crippen LogP contribution is -2.37. The van der Waals surface area contributed by atoms with Gasteiger partial charge in [-0.05, 0) is 43.7 Å². The number of pyridine rings is 1. The molecule has 116 valence electrons. The first-order valence-electron chi connectivity index (χ1n) is 7.71. The average molecular weight is 329 g/mol. The Labute approximate surface area is 131 Å². The molecule has 1 aromatic rings. The third kappa shape index (κ3) is 3.58. The summed E-state index contributed by atoms with van der Waals surface area (Å²) in [4.78, 5) is 4.17. The van der Waals surface area contributed by atoms with Crippen molar-refractivity contribution in [2.75, 3.05) is 6.54 Å². The molecule has 2 saturated carbocycles. The van der Waals surface area contributed by atoms with Crippen LogP contribution in [0.15, 0.2) is 23.2 Å². The van der Waals surface area contributed by atoms with Crippen molar-refractivity contribution in [3.05, 3.63) is 23.5 Å². The van der Waals surface area contributed by atoms with Crippen LogP contribution in [0.5, 0.6) is 0 Å². The van der Waals surface area contributed by atoms with Crippen LogP contribution in [0.1, 0.15) is 44.9 Å². The highest BCUT2D eigenvalue weighted by Gasteiger charge is 2.39. The molecule has 0 aliphatic heterocycles. The first kappa shape index (κ1) is 15.3. The van der Waals surface area contributed by atoms with Crippen molar-refractivity contribution in [1.82, 2.24) is 9.29 Å². The van der Waals surface area contributed by atoms with E-state index >= 15 is 0 Å². The van der Waals surface area contributed by atoms with Crippen molar-refractivity contribution in [1.29, 1.82) is 0 Å². The van der Waals surface area contributed by atoms with Crippen LogP contribution in [-0.4, -0.2) is 30.3 Å². The molecule has 0 N–H and O–H groups in total. The maximum Gasteiger partial charge on any atom is 0.244 e. The third-order valence-electron chi connectivity index (χ3n) is 4.42. The zero-order chi connectivity index (χ0) is 14.9. The van der Waals surface area contributed by atoms with Gasteiger partial charge in [-0.1, -0.05) is 30.9 Å².